The quantitative estimate of drug-likeness (QED) is 0.940. The van der Waals surface area contributed by atoms with Gasteiger partial charge in [0.1, 0.15) is 5.75 Å². The van der Waals surface area contributed by atoms with Crippen molar-refractivity contribution in [3.8, 4) is 5.75 Å². The van der Waals surface area contributed by atoms with Gasteiger partial charge in [-0.15, -0.1) is 0 Å². The number of piperidine rings is 1. The van der Waals surface area contributed by atoms with E-state index in [1.54, 1.807) is 17.2 Å². The molecule has 1 aliphatic rings. The van der Waals surface area contributed by atoms with Gasteiger partial charge in [0, 0.05) is 24.7 Å². The molecule has 1 N–H and O–H groups in total. The van der Waals surface area contributed by atoms with Crippen molar-refractivity contribution in [1.29, 1.82) is 0 Å². The first-order valence-electron chi connectivity index (χ1n) is 7.57. The third kappa shape index (κ3) is 3.20. The average molecular weight is 300 g/mol. The van der Waals surface area contributed by atoms with Gasteiger partial charge in [-0.3, -0.25) is 9.78 Å². The van der Waals surface area contributed by atoms with E-state index in [2.05, 4.69) is 4.98 Å². The van der Waals surface area contributed by atoms with E-state index in [0.717, 1.165) is 29.3 Å². The Morgan fingerprint density at radius 2 is 2.32 bits per heavy atom. The average Bonchev–Trinajstić information content (AvgIpc) is 2.52. The number of carbonyl (C=O) groups is 1. The zero-order valence-corrected chi connectivity index (χ0v) is 12.7. The van der Waals surface area contributed by atoms with Gasteiger partial charge in [-0.2, -0.15) is 0 Å². The third-order valence-corrected chi connectivity index (χ3v) is 3.96. The monoisotopic (exact) mass is 300 g/mol. The highest BCUT2D eigenvalue weighted by atomic mass is 16.5. The van der Waals surface area contributed by atoms with Crippen LogP contribution in [0.25, 0.3) is 10.9 Å². The molecular weight excluding hydrogens is 280 g/mol. The van der Waals surface area contributed by atoms with Crippen LogP contribution in [0.15, 0.2) is 30.5 Å². The second-order valence-corrected chi connectivity index (χ2v) is 5.75. The molecule has 1 aromatic carbocycles. The number of likely N-dealkylation sites (tertiary alicyclic amines) is 1. The van der Waals surface area contributed by atoms with Crippen molar-refractivity contribution in [1.82, 2.24) is 9.88 Å². The molecule has 1 fully saturated rings. The van der Waals surface area contributed by atoms with Crippen molar-refractivity contribution < 1.29 is 14.6 Å². The summed E-state index contributed by atoms with van der Waals surface area (Å²) in [5.41, 5.74) is 1.99. The van der Waals surface area contributed by atoms with E-state index in [9.17, 15) is 9.90 Å². The molecule has 2 heterocycles. The molecule has 3 rings (SSSR count). The predicted octanol–water partition coefficient (Wildman–Crippen LogP) is 1.91. The van der Waals surface area contributed by atoms with Crippen molar-refractivity contribution in [2.24, 2.45) is 0 Å². The molecule has 22 heavy (non-hydrogen) atoms. The van der Waals surface area contributed by atoms with Gasteiger partial charge in [0.2, 0.25) is 0 Å². The second kappa shape index (κ2) is 6.32. The molecule has 2 aromatic rings. The highest BCUT2D eigenvalue weighted by molar-refractivity contribution is 5.86. The zero-order valence-electron chi connectivity index (χ0n) is 12.7. The highest BCUT2D eigenvalue weighted by Crippen LogP contribution is 2.24. The lowest BCUT2D eigenvalue weighted by atomic mass is 10.1. The molecule has 116 valence electrons. The molecule has 1 atom stereocenters. The number of rotatable bonds is 3. The number of ether oxygens (including phenoxy) is 1. The molecule has 0 radical (unpaired) electrons. The Morgan fingerprint density at radius 3 is 3.14 bits per heavy atom. The molecule has 5 heteroatoms. The lowest BCUT2D eigenvalue weighted by Crippen LogP contribution is -2.44. The first-order valence-corrected chi connectivity index (χ1v) is 7.57. The summed E-state index contributed by atoms with van der Waals surface area (Å²) in [4.78, 5) is 18.2. The van der Waals surface area contributed by atoms with Gasteiger partial charge < -0.3 is 14.7 Å². The number of carbonyl (C=O) groups excluding carboxylic acids is 1. The summed E-state index contributed by atoms with van der Waals surface area (Å²) >= 11 is 0. The van der Waals surface area contributed by atoms with Crippen LogP contribution in [-0.2, 0) is 4.79 Å². The largest absolute Gasteiger partial charge is 0.483 e. The van der Waals surface area contributed by atoms with Crippen LogP contribution in [0.4, 0.5) is 0 Å². The van der Waals surface area contributed by atoms with Crippen molar-refractivity contribution >= 4 is 16.8 Å². The predicted molar refractivity (Wildman–Crippen MR) is 83.8 cm³/mol. The van der Waals surface area contributed by atoms with Crippen LogP contribution in [0.3, 0.4) is 0 Å². The second-order valence-electron chi connectivity index (χ2n) is 5.75. The molecule has 1 saturated heterocycles. The third-order valence-electron chi connectivity index (χ3n) is 3.96. The Hall–Kier alpha value is -2.14. The normalized spacial score (nSPS) is 18.5. The minimum absolute atomic E-state index is 0.0142. The van der Waals surface area contributed by atoms with Gasteiger partial charge in [0.05, 0.1) is 11.6 Å². The van der Waals surface area contributed by atoms with Crippen LogP contribution in [-0.4, -0.2) is 46.7 Å². The van der Waals surface area contributed by atoms with Gasteiger partial charge in [-0.05, 0) is 43.5 Å². The smallest absolute Gasteiger partial charge is 0.260 e. The number of β-amino-alcohol motifs (C(OH)–C–C–N with tert-alkyl or cyclic N) is 1. The van der Waals surface area contributed by atoms with Crippen LogP contribution < -0.4 is 4.74 Å². The van der Waals surface area contributed by atoms with Crippen LogP contribution >= 0.6 is 0 Å². The number of nitrogens with zero attached hydrogens (tertiary/aromatic N) is 2. The first-order chi connectivity index (χ1) is 10.6. The van der Waals surface area contributed by atoms with Gasteiger partial charge >= 0.3 is 0 Å². The molecule has 5 nitrogen and oxygen atoms in total. The fraction of sp³-hybridized carbons (Fsp3) is 0.412. The van der Waals surface area contributed by atoms with Crippen molar-refractivity contribution in [2.45, 2.75) is 25.9 Å². The Bertz CT molecular complexity index is 687. The van der Waals surface area contributed by atoms with Crippen LogP contribution in [0, 0.1) is 6.92 Å². The molecule has 0 spiro atoms. The van der Waals surface area contributed by atoms with Crippen LogP contribution in [0.5, 0.6) is 5.75 Å². The van der Waals surface area contributed by atoms with Gasteiger partial charge in [0.25, 0.3) is 5.91 Å². The topological polar surface area (TPSA) is 62.7 Å². The van der Waals surface area contributed by atoms with E-state index in [-0.39, 0.29) is 12.5 Å². The summed E-state index contributed by atoms with van der Waals surface area (Å²) in [5, 5.41) is 10.5. The number of aliphatic hydroxyl groups excluding tert-OH is 1. The number of aliphatic hydroxyl groups is 1. The van der Waals surface area contributed by atoms with Crippen molar-refractivity contribution in [2.75, 3.05) is 19.7 Å². The standard InChI is InChI=1S/C17H20N2O3/c1-12-4-5-14-15(9-12)18-7-6-16(14)22-11-17(21)19-8-2-3-13(20)10-19/h4-7,9,13,20H,2-3,8,10-11H2,1H3. The Balaban J connectivity index is 1.70. The lowest BCUT2D eigenvalue weighted by Gasteiger charge is -2.30. The number of amides is 1. The van der Waals surface area contributed by atoms with Crippen LogP contribution in [0.2, 0.25) is 0 Å². The first kappa shape index (κ1) is 14.8. The van der Waals surface area contributed by atoms with E-state index in [1.165, 1.54) is 0 Å². The number of aromatic nitrogens is 1. The van der Waals surface area contributed by atoms with E-state index < -0.39 is 6.10 Å². The van der Waals surface area contributed by atoms with Gasteiger partial charge in [-0.1, -0.05) is 6.07 Å². The number of hydrogen-bond donors (Lipinski definition) is 1. The fourth-order valence-corrected chi connectivity index (χ4v) is 2.77. The summed E-state index contributed by atoms with van der Waals surface area (Å²) in [6.45, 7) is 3.09. The van der Waals surface area contributed by atoms with Crippen molar-refractivity contribution in [3.05, 3.63) is 36.0 Å². The summed E-state index contributed by atoms with van der Waals surface area (Å²) in [6.07, 6.45) is 2.87. The van der Waals surface area contributed by atoms with E-state index in [1.807, 2.05) is 25.1 Å². The summed E-state index contributed by atoms with van der Waals surface area (Å²) in [5.74, 6) is 0.576. The molecule has 1 unspecified atom stereocenters. The fourth-order valence-electron chi connectivity index (χ4n) is 2.77. The molecule has 1 aliphatic heterocycles. The molecule has 0 saturated carbocycles. The van der Waals surface area contributed by atoms with E-state index in [4.69, 9.17) is 4.74 Å². The number of benzene rings is 1. The number of aryl methyl sites for hydroxylation is 1. The Morgan fingerprint density at radius 1 is 1.45 bits per heavy atom. The summed E-state index contributed by atoms with van der Waals surface area (Å²) in [6, 6.07) is 7.73. The zero-order chi connectivity index (χ0) is 15.5. The van der Waals surface area contributed by atoms with Gasteiger partial charge in [0.15, 0.2) is 6.61 Å². The van der Waals surface area contributed by atoms with Crippen molar-refractivity contribution in [3.63, 3.8) is 0 Å². The maximum atomic E-state index is 12.2. The minimum Gasteiger partial charge on any atom is -0.483 e. The van der Waals surface area contributed by atoms with E-state index in [0.29, 0.717) is 18.8 Å². The lowest BCUT2D eigenvalue weighted by molar-refractivity contribution is -0.136. The number of hydrogen-bond acceptors (Lipinski definition) is 4. The SMILES string of the molecule is Cc1ccc2c(OCC(=O)N3CCCC(O)C3)ccnc2c1. The molecule has 1 amide bonds. The summed E-state index contributed by atoms with van der Waals surface area (Å²) in [7, 11) is 0. The maximum Gasteiger partial charge on any atom is 0.260 e. The highest BCUT2D eigenvalue weighted by Gasteiger charge is 2.22. The van der Waals surface area contributed by atoms with E-state index >= 15 is 0 Å². The molecule has 0 bridgehead atoms. The Kier molecular flexibility index (Phi) is 4.24. The number of pyridine rings is 1. The van der Waals surface area contributed by atoms with Crippen LogP contribution in [0.1, 0.15) is 18.4 Å². The molecule has 0 aliphatic carbocycles. The maximum absolute atomic E-state index is 12.2. The minimum atomic E-state index is -0.414. The number of fused-ring (bicyclic) bond motifs is 1. The molecule has 1 aromatic heterocycles. The van der Waals surface area contributed by atoms with Gasteiger partial charge in [-0.25, -0.2) is 0 Å². The Labute approximate surface area is 129 Å². The summed E-state index contributed by atoms with van der Waals surface area (Å²) < 4.78 is 5.70. The molecular formula is C17H20N2O3.